The van der Waals surface area contributed by atoms with E-state index in [9.17, 15) is 58.6 Å². The summed E-state index contributed by atoms with van der Waals surface area (Å²) in [6, 6.07) is 13.3. The molecule has 0 bridgehead atoms. The van der Waals surface area contributed by atoms with Gasteiger partial charge in [0.1, 0.15) is 45.6 Å². The summed E-state index contributed by atoms with van der Waals surface area (Å²) in [6.07, 6.45) is -10.7. The third-order valence-corrected chi connectivity index (χ3v) is 7.89. The van der Waals surface area contributed by atoms with Gasteiger partial charge in [-0.3, -0.25) is 0 Å². The molecule has 2 aliphatic carbocycles. The number of benzene rings is 4. The molecule has 2 aliphatic rings. The minimum absolute atomic E-state index is 0.00275. The minimum Gasteiger partial charge on any atom is -0.478 e. The Hall–Kier alpha value is -5.68. The maximum atomic E-state index is 13.9. The van der Waals surface area contributed by atoms with E-state index in [0.717, 1.165) is 55.6 Å². The Morgan fingerprint density at radius 1 is 0.585 bits per heavy atom. The maximum absolute atomic E-state index is 13.9. The van der Waals surface area contributed by atoms with E-state index in [1.165, 1.54) is 24.3 Å². The van der Waals surface area contributed by atoms with Crippen LogP contribution in [0, 0.1) is 0 Å². The van der Waals surface area contributed by atoms with Crippen molar-refractivity contribution in [1.82, 2.24) is 0 Å². The highest BCUT2D eigenvalue weighted by Gasteiger charge is 2.43. The molecule has 1 N–H and O–H groups in total. The molecule has 0 amide bonds. The van der Waals surface area contributed by atoms with Gasteiger partial charge in [0.2, 0.25) is 0 Å². The fourth-order valence-electron chi connectivity index (χ4n) is 5.69. The molecule has 0 heterocycles. The maximum Gasteiger partial charge on any atom is 0.573 e. The largest absolute Gasteiger partial charge is 0.573 e. The van der Waals surface area contributed by atoms with Crippen LogP contribution < -0.4 is 18.9 Å². The van der Waals surface area contributed by atoms with E-state index < -0.39 is 60.8 Å². The Labute approximate surface area is 292 Å². The first-order valence-electron chi connectivity index (χ1n) is 15.1. The van der Waals surface area contributed by atoms with Crippen LogP contribution >= 0.6 is 0 Å². The van der Waals surface area contributed by atoms with Crippen LogP contribution in [0.4, 0.5) is 43.9 Å². The van der Waals surface area contributed by atoms with Gasteiger partial charge in [0.05, 0.1) is 7.11 Å². The number of carbonyl (C=O) groups is 2. The average molecular weight is 763 g/mol. The Morgan fingerprint density at radius 3 is 1.30 bits per heavy atom. The smallest absolute Gasteiger partial charge is 0.478 e. The van der Waals surface area contributed by atoms with E-state index in [-0.39, 0.29) is 69.2 Å². The van der Waals surface area contributed by atoms with Crippen LogP contribution in [0.25, 0.3) is 0 Å². The lowest BCUT2D eigenvalue weighted by molar-refractivity contribution is -0.275. The van der Waals surface area contributed by atoms with Crippen molar-refractivity contribution in [2.24, 2.45) is 0 Å². The molecular formula is C35H24F10O8. The van der Waals surface area contributed by atoms with Crippen LogP contribution in [-0.4, -0.2) is 36.9 Å². The molecule has 0 saturated heterocycles. The predicted molar refractivity (Wildman–Crippen MR) is 162 cm³/mol. The first-order valence-corrected chi connectivity index (χ1v) is 15.1. The fraction of sp³-hybridized carbons (Fsp3) is 0.257. The van der Waals surface area contributed by atoms with Gasteiger partial charge in [0.25, 0.3) is 11.8 Å². The van der Waals surface area contributed by atoms with Gasteiger partial charge in [-0.05, 0) is 96.8 Å². The zero-order valence-electron chi connectivity index (χ0n) is 26.8. The monoisotopic (exact) mass is 762 g/mol. The van der Waals surface area contributed by atoms with Gasteiger partial charge in [-0.1, -0.05) is 0 Å². The molecule has 0 fully saturated rings. The number of carboxylic acids is 1. The second-order valence-electron chi connectivity index (χ2n) is 11.4. The summed E-state index contributed by atoms with van der Waals surface area (Å²) in [5.41, 5.74) is -0.975. The van der Waals surface area contributed by atoms with Crippen molar-refractivity contribution in [1.29, 1.82) is 0 Å². The molecule has 282 valence electrons. The zero-order chi connectivity index (χ0) is 38.9. The highest BCUT2D eigenvalue weighted by Crippen LogP contribution is 2.47. The average Bonchev–Trinajstić information content (AvgIpc) is 3.54. The number of halogens is 10. The summed E-state index contributed by atoms with van der Waals surface area (Å²) in [7, 11) is 1.11. The number of aromatic carboxylic acids is 1. The molecule has 53 heavy (non-hydrogen) atoms. The van der Waals surface area contributed by atoms with Gasteiger partial charge < -0.3 is 28.8 Å². The molecule has 4 aromatic carbocycles. The lowest BCUT2D eigenvalue weighted by atomic mass is 10.0. The molecule has 18 heteroatoms. The van der Waals surface area contributed by atoms with Crippen molar-refractivity contribution in [2.45, 2.75) is 50.3 Å². The molecular weight excluding hydrogens is 738 g/mol. The van der Waals surface area contributed by atoms with E-state index in [2.05, 4.69) is 14.2 Å². The lowest BCUT2D eigenvalue weighted by Gasteiger charge is -2.16. The molecule has 8 nitrogen and oxygen atoms in total. The first kappa shape index (κ1) is 38.5. The van der Waals surface area contributed by atoms with Crippen LogP contribution in [0.1, 0.15) is 55.8 Å². The molecule has 0 radical (unpaired) electrons. The number of alkyl halides is 10. The third-order valence-electron chi connectivity index (χ3n) is 7.89. The van der Waals surface area contributed by atoms with Crippen molar-refractivity contribution in [3.63, 3.8) is 0 Å². The molecule has 0 unspecified atom stereocenters. The molecule has 0 spiro atoms. The summed E-state index contributed by atoms with van der Waals surface area (Å²) < 4.78 is 151. The van der Waals surface area contributed by atoms with Crippen molar-refractivity contribution in [3.8, 4) is 34.5 Å². The third kappa shape index (κ3) is 9.04. The minimum atomic E-state index is -4.84. The number of methoxy groups -OCH3 is 1. The van der Waals surface area contributed by atoms with Gasteiger partial charge in [0, 0.05) is 24.0 Å². The standard InChI is InChI=1S/C18H13F5O4.C17H11F5O4/c1-25-16(24)15-12-8-9-17(19,20)13(12)6-7-14(15)26-10-2-4-11(5-3-10)27-18(21,22)23;18-16(19)8-7-11-12(16)5-6-13(14(11)15(23)24)25-9-1-3-10(4-2-9)26-17(20,21)22/h2-7H,8-9H2,1H3;1-6H,7-8H2,(H,23,24). The normalized spacial score (nSPS) is 15.3. The van der Waals surface area contributed by atoms with Crippen molar-refractivity contribution >= 4 is 11.9 Å². The SMILES string of the molecule is COC(=O)c1c(Oc2ccc(OC(F)(F)F)cc2)ccc2c1CCC2(F)F.O=C(O)c1c(Oc2ccc(OC(F)(F)F)cc2)ccc2c1CCC2(F)F. The van der Waals surface area contributed by atoms with E-state index >= 15 is 0 Å². The number of hydrogen-bond donors (Lipinski definition) is 1. The molecule has 6 rings (SSSR count). The molecule has 0 saturated carbocycles. The van der Waals surface area contributed by atoms with Crippen LogP contribution in [-0.2, 0) is 29.4 Å². The summed E-state index contributed by atoms with van der Waals surface area (Å²) in [5, 5.41) is 9.38. The van der Waals surface area contributed by atoms with Crippen LogP contribution in [0.15, 0.2) is 72.8 Å². The van der Waals surface area contributed by atoms with Crippen LogP contribution in [0.2, 0.25) is 0 Å². The molecule has 0 atom stereocenters. The first-order chi connectivity index (χ1) is 24.7. The Bertz CT molecular complexity index is 1990. The van der Waals surface area contributed by atoms with Crippen LogP contribution in [0.5, 0.6) is 34.5 Å². The topological polar surface area (TPSA) is 101 Å². The van der Waals surface area contributed by atoms with Crippen LogP contribution in [0.3, 0.4) is 0 Å². The van der Waals surface area contributed by atoms with Crippen molar-refractivity contribution < 1.29 is 82.3 Å². The lowest BCUT2D eigenvalue weighted by Crippen LogP contribution is -2.16. The predicted octanol–water partition coefficient (Wildman–Crippen LogP) is 10.3. The number of ether oxygens (including phenoxy) is 5. The van der Waals surface area contributed by atoms with E-state index in [1.54, 1.807) is 0 Å². The number of fused-ring (bicyclic) bond motifs is 2. The van der Waals surface area contributed by atoms with Gasteiger partial charge >= 0.3 is 24.7 Å². The zero-order valence-corrected chi connectivity index (χ0v) is 26.8. The van der Waals surface area contributed by atoms with E-state index in [4.69, 9.17) is 9.47 Å². The quantitative estimate of drug-likeness (QED) is 0.140. The molecule has 4 aromatic rings. The van der Waals surface area contributed by atoms with Crippen molar-refractivity contribution in [2.75, 3.05) is 7.11 Å². The fourth-order valence-corrected chi connectivity index (χ4v) is 5.69. The Morgan fingerprint density at radius 2 is 0.943 bits per heavy atom. The number of carbonyl (C=O) groups excluding carboxylic acids is 1. The Kier molecular flexibility index (Phi) is 10.5. The number of carboxylic acid groups (broad SMARTS) is 1. The van der Waals surface area contributed by atoms with E-state index in [1.807, 2.05) is 0 Å². The Balaban J connectivity index is 0.000000204. The summed E-state index contributed by atoms with van der Waals surface area (Å²) in [4.78, 5) is 23.6. The summed E-state index contributed by atoms with van der Waals surface area (Å²) in [6.45, 7) is 0. The summed E-state index contributed by atoms with van der Waals surface area (Å²) >= 11 is 0. The number of esters is 1. The second-order valence-corrected chi connectivity index (χ2v) is 11.4. The second kappa shape index (κ2) is 14.4. The number of hydrogen-bond acceptors (Lipinski definition) is 7. The molecule has 0 aromatic heterocycles. The van der Waals surface area contributed by atoms with Gasteiger partial charge in [0.15, 0.2) is 0 Å². The van der Waals surface area contributed by atoms with Gasteiger partial charge in [-0.2, -0.15) is 0 Å². The van der Waals surface area contributed by atoms with Crippen molar-refractivity contribution in [3.05, 3.63) is 106 Å². The highest BCUT2D eigenvalue weighted by atomic mass is 19.4. The number of rotatable bonds is 8. The highest BCUT2D eigenvalue weighted by molar-refractivity contribution is 5.95. The van der Waals surface area contributed by atoms with Gasteiger partial charge in [-0.15, -0.1) is 26.3 Å². The van der Waals surface area contributed by atoms with E-state index in [0.29, 0.717) is 0 Å². The summed E-state index contributed by atoms with van der Waals surface area (Å²) in [5.74, 6) is -9.40. The molecule has 0 aliphatic heterocycles. The van der Waals surface area contributed by atoms with Gasteiger partial charge in [-0.25, -0.2) is 27.2 Å².